The molecular formula is C12H21NO4. The van der Waals surface area contributed by atoms with Crippen molar-refractivity contribution in [3.8, 4) is 0 Å². The lowest BCUT2D eigenvalue weighted by molar-refractivity contribution is -0.148. The summed E-state index contributed by atoms with van der Waals surface area (Å²) in [4.78, 5) is 24.8. The third-order valence-electron chi connectivity index (χ3n) is 2.80. The Morgan fingerprint density at radius 3 is 2.76 bits per heavy atom. The summed E-state index contributed by atoms with van der Waals surface area (Å²) in [6, 6.07) is -0.166. The molecule has 5 nitrogen and oxygen atoms in total. The summed E-state index contributed by atoms with van der Waals surface area (Å²) in [5, 5.41) is 0. The second-order valence-corrected chi connectivity index (χ2v) is 4.11. The maximum absolute atomic E-state index is 11.7. The minimum atomic E-state index is -0.269. The molecular weight excluding hydrogens is 222 g/mol. The van der Waals surface area contributed by atoms with Crippen molar-refractivity contribution in [1.29, 1.82) is 0 Å². The van der Waals surface area contributed by atoms with Gasteiger partial charge in [0.2, 0.25) is 5.91 Å². The van der Waals surface area contributed by atoms with E-state index in [1.54, 1.807) is 11.8 Å². The number of hydrogen-bond acceptors (Lipinski definition) is 4. The lowest BCUT2D eigenvalue weighted by Crippen LogP contribution is -2.42. The van der Waals surface area contributed by atoms with Gasteiger partial charge in [0.05, 0.1) is 13.0 Å². The normalized spacial score (nSPS) is 21.7. The predicted octanol–water partition coefficient (Wildman–Crippen LogP) is 1.31. The SMILES string of the molecule is CCOC(=O)C[C@@H](C)N1C(=O)CCC1OCC. The van der Waals surface area contributed by atoms with Gasteiger partial charge in [0.25, 0.3) is 0 Å². The van der Waals surface area contributed by atoms with Crippen LogP contribution in [0.4, 0.5) is 0 Å². The Morgan fingerprint density at radius 2 is 2.18 bits per heavy atom. The first-order valence-corrected chi connectivity index (χ1v) is 6.18. The lowest BCUT2D eigenvalue weighted by Gasteiger charge is -2.30. The number of likely N-dealkylation sites (tertiary alicyclic amines) is 1. The zero-order chi connectivity index (χ0) is 12.8. The number of carbonyl (C=O) groups is 2. The third-order valence-corrected chi connectivity index (χ3v) is 2.80. The molecule has 98 valence electrons. The average Bonchev–Trinajstić information content (AvgIpc) is 2.60. The van der Waals surface area contributed by atoms with Gasteiger partial charge in [-0.25, -0.2) is 0 Å². The van der Waals surface area contributed by atoms with Crippen LogP contribution in [0.15, 0.2) is 0 Å². The summed E-state index contributed by atoms with van der Waals surface area (Å²) in [7, 11) is 0. The van der Waals surface area contributed by atoms with Crippen LogP contribution in [0.25, 0.3) is 0 Å². The van der Waals surface area contributed by atoms with Crippen LogP contribution in [0.5, 0.6) is 0 Å². The fraction of sp³-hybridized carbons (Fsp3) is 0.833. The maximum Gasteiger partial charge on any atom is 0.307 e. The predicted molar refractivity (Wildman–Crippen MR) is 62.2 cm³/mol. The van der Waals surface area contributed by atoms with E-state index >= 15 is 0 Å². The molecule has 2 atom stereocenters. The Morgan fingerprint density at radius 1 is 1.47 bits per heavy atom. The van der Waals surface area contributed by atoms with E-state index in [2.05, 4.69) is 0 Å². The molecule has 1 unspecified atom stereocenters. The molecule has 0 aliphatic carbocycles. The smallest absolute Gasteiger partial charge is 0.307 e. The fourth-order valence-corrected chi connectivity index (χ4v) is 2.12. The molecule has 1 heterocycles. The summed E-state index contributed by atoms with van der Waals surface area (Å²) in [6.45, 7) is 6.46. The van der Waals surface area contributed by atoms with Gasteiger partial charge >= 0.3 is 5.97 Å². The Labute approximate surface area is 102 Å². The minimum absolute atomic E-state index is 0.0558. The fourth-order valence-electron chi connectivity index (χ4n) is 2.12. The van der Waals surface area contributed by atoms with Crippen molar-refractivity contribution >= 4 is 11.9 Å². The van der Waals surface area contributed by atoms with Crippen LogP contribution >= 0.6 is 0 Å². The summed E-state index contributed by atoms with van der Waals surface area (Å²) in [5.41, 5.74) is 0. The first-order chi connectivity index (χ1) is 8.10. The monoisotopic (exact) mass is 243 g/mol. The highest BCUT2D eigenvalue weighted by molar-refractivity contribution is 5.80. The van der Waals surface area contributed by atoms with Crippen molar-refractivity contribution in [2.45, 2.75) is 52.3 Å². The maximum atomic E-state index is 11.7. The molecule has 0 spiro atoms. The molecule has 0 aromatic carbocycles. The molecule has 1 aliphatic heterocycles. The van der Waals surface area contributed by atoms with E-state index in [0.717, 1.165) is 0 Å². The second kappa shape index (κ2) is 6.59. The van der Waals surface area contributed by atoms with E-state index in [-0.39, 0.29) is 30.6 Å². The van der Waals surface area contributed by atoms with E-state index in [1.165, 1.54) is 0 Å². The highest BCUT2D eigenvalue weighted by atomic mass is 16.5. The Kier molecular flexibility index (Phi) is 5.41. The first kappa shape index (κ1) is 14.0. The van der Waals surface area contributed by atoms with Gasteiger partial charge in [-0.2, -0.15) is 0 Å². The van der Waals surface area contributed by atoms with Gasteiger partial charge in [0, 0.05) is 25.5 Å². The van der Waals surface area contributed by atoms with Gasteiger partial charge in [-0.3, -0.25) is 9.59 Å². The standard InChI is InChI=1S/C12H21NO4/c1-4-16-11-7-6-10(14)13(11)9(3)8-12(15)17-5-2/h9,11H,4-8H2,1-3H3/t9-,11?/m1/s1. The molecule has 1 fully saturated rings. The van der Waals surface area contributed by atoms with Crippen molar-refractivity contribution in [2.24, 2.45) is 0 Å². The molecule has 17 heavy (non-hydrogen) atoms. The van der Waals surface area contributed by atoms with Gasteiger partial charge in [-0.15, -0.1) is 0 Å². The number of esters is 1. The number of nitrogens with zero attached hydrogens (tertiary/aromatic N) is 1. The highest BCUT2D eigenvalue weighted by Crippen LogP contribution is 2.23. The molecule has 1 amide bonds. The van der Waals surface area contributed by atoms with E-state index in [4.69, 9.17) is 9.47 Å². The number of amides is 1. The molecule has 5 heteroatoms. The summed E-state index contributed by atoms with van der Waals surface area (Å²) in [5.74, 6) is -0.213. The Bertz CT molecular complexity index is 280. The van der Waals surface area contributed by atoms with Crippen LogP contribution < -0.4 is 0 Å². The molecule has 0 aromatic heterocycles. The third kappa shape index (κ3) is 3.70. The quantitative estimate of drug-likeness (QED) is 0.660. The summed E-state index contributed by atoms with van der Waals surface area (Å²) >= 11 is 0. The zero-order valence-corrected chi connectivity index (χ0v) is 10.8. The second-order valence-electron chi connectivity index (χ2n) is 4.11. The van der Waals surface area contributed by atoms with E-state index in [9.17, 15) is 9.59 Å². The van der Waals surface area contributed by atoms with Gasteiger partial charge in [0.1, 0.15) is 6.23 Å². The molecule has 1 aliphatic rings. The number of carbonyl (C=O) groups excluding carboxylic acids is 2. The van der Waals surface area contributed by atoms with Gasteiger partial charge < -0.3 is 14.4 Å². The molecule has 0 bridgehead atoms. The number of rotatable bonds is 6. The summed E-state index contributed by atoms with van der Waals surface area (Å²) in [6.07, 6.45) is 1.25. The average molecular weight is 243 g/mol. The number of ether oxygens (including phenoxy) is 2. The van der Waals surface area contributed by atoms with Crippen molar-refractivity contribution in [3.63, 3.8) is 0 Å². The Balaban J connectivity index is 2.55. The van der Waals surface area contributed by atoms with Crippen LogP contribution in [0.1, 0.15) is 40.0 Å². The molecule has 0 saturated carbocycles. The van der Waals surface area contributed by atoms with Crippen LogP contribution in [0.2, 0.25) is 0 Å². The first-order valence-electron chi connectivity index (χ1n) is 6.18. The van der Waals surface area contributed by atoms with E-state index in [1.807, 2.05) is 13.8 Å². The van der Waals surface area contributed by atoms with Crippen LogP contribution in [0.3, 0.4) is 0 Å². The van der Waals surface area contributed by atoms with Crippen molar-refractivity contribution < 1.29 is 19.1 Å². The molecule has 0 N–H and O–H groups in total. The lowest BCUT2D eigenvalue weighted by atomic mass is 10.2. The summed E-state index contributed by atoms with van der Waals surface area (Å²) < 4.78 is 10.4. The number of hydrogen-bond donors (Lipinski definition) is 0. The van der Waals surface area contributed by atoms with Crippen molar-refractivity contribution in [1.82, 2.24) is 4.90 Å². The van der Waals surface area contributed by atoms with Gasteiger partial charge in [-0.1, -0.05) is 0 Å². The van der Waals surface area contributed by atoms with Gasteiger partial charge in [0.15, 0.2) is 0 Å². The van der Waals surface area contributed by atoms with Crippen LogP contribution in [-0.2, 0) is 19.1 Å². The topological polar surface area (TPSA) is 55.8 Å². The van der Waals surface area contributed by atoms with E-state index in [0.29, 0.717) is 26.1 Å². The zero-order valence-electron chi connectivity index (χ0n) is 10.8. The molecule has 1 rings (SSSR count). The van der Waals surface area contributed by atoms with Crippen molar-refractivity contribution in [3.05, 3.63) is 0 Å². The van der Waals surface area contributed by atoms with Crippen LogP contribution in [0, 0.1) is 0 Å². The molecule has 0 radical (unpaired) electrons. The molecule has 0 aromatic rings. The van der Waals surface area contributed by atoms with Gasteiger partial charge in [-0.05, 0) is 20.8 Å². The van der Waals surface area contributed by atoms with E-state index < -0.39 is 0 Å². The molecule has 1 saturated heterocycles. The highest BCUT2D eigenvalue weighted by Gasteiger charge is 2.35. The minimum Gasteiger partial charge on any atom is -0.466 e. The van der Waals surface area contributed by atoms with Crippen molar-refractivity contribution in [2.75, 3.05) is 13.2 Å². The van der Waals surface area contributed by atoms with Crippen LogP contribution in [-0.4, -0.2) is 42.3 Å². The largest absolute Gasteiger partial charge is 0.466 e. The Hall–Kier alpha value is -1.10.